The third-order valence-electron chi connectivity index (χ3n) is 3.00. The molecule has 0 atom stereocenters. The van der Waals surface area contributed by atoms with Crippen molar-refractivity contribution in [1.29, 1.82) is 0 Å². The van der Waals surface area contributed by atoms with Gasteiger partial charge in [-0.05, 0) is 35.7 Å². The molecule has 2 aromatic carbocycles. The number of ketones is 1. The van der Waals surface area contributed by atoms with Gasteiger partial charge in [0.2, 0.25) is 0 Å². The molecule has 0 unspecified atom stereocenters. The molecule has 0 aliphatic heterocycles. The minimum Gasteiger partial charge on any atom is -0.507 e. The van der Waals surface area contributed by atoms with E-state index in [9.17, 15) is 19.1 Å². The second-order valence-corrected chi connectivity index (χ2v) is 4.71. The van der Waals surface area contributed by atoms with Crippen molar-refractivity contribution in [3.8, 4) is 0 Å². The lowest BCUT2D eigenvalue weighted by Crippen LogP contribution is -2.09. The van der Waals surface area contributed by atoms with Crippen molar-refractivity contribution in [2.75, 3.05) is 0 Å². The lowest BCUT2D eigenvalue weighted by molar-refractivity contribution is -0.146. The molecule has 0 bridgehead atoms. The number of carbonyl (C=O) groups excluding carboxylic acids is 1. The molecular weight excluding hydrogens is 287 g/mol. The van der Waals surface area contributed by atoms with Crippen molar-refractivity contribution >= 4 is 17.5 Å². The Morgan fingerprint density at radius 2 is 1.64 bits per heavy atom. The second kappa shape index (κ2) is 6.67. The van der Waals surface area contributed by atoms with E-state index in [2.05, 4.69) is 0 Å². The third-order valence-corrected chi connectivity index (χ3v) is 3.00. The topological polar surface area (TPSA) is 74.6 Å². The lowest BCUT2D eigenvalue weighted by Gasteiger charge is -2.05. The van der Waals surface area contributed by atoms with Crippen molar-refractivity contribution in [3.05, 3.63) is 77.1 Å². The van der Waals surface area contributed by atoms with Gasteiger partial charge in [-0.15, -0.1) is 0 Å². The van der Waals surface area contributed by atoms with Crippen LogP contribution in [0.1, 0.15) is 16.7 Å². The Balaban J connectivity index is 2.23. The Hall–Kier alpha value is -2.95. The van der Waals surface area contributed by atoms with Crippen LogP contribution in [-0.4, -0.2) is 22.0 Å². The predicted octanol–water partition coefficient (Wildman–Crippen LogP) is 2.97. The molecule has 0 saturated heterocycles. The van der Waals surface area contributed by atoms with Crippen LogP contribution in [0.2, 0.25) is 0 Å². The zero-order valence-electron chi connectivity index (χ0n) is 11.5. The number of hydrogen-bond acceptors (Lipinski definition) is 3. The molecule has 0 aromatic heterocycles. The van der Waals surface area contributed by atoms with Crippen molar-refractivity contribution < 1.29 is 24.2 Å². The number of rotatable bonds is 5. The first-order valence-electron chi connectivity index (χ1n) is 6.47. The van der Waals surface area contributed by atoms with Crippen LogP contribution in [0.5, 0.6) is 0 Å². The van der Waals surface area contributed by atoms with E-state index in [0.29, 0.717) is 18.1 Å². The highest BCUT2D eigenvalue weighted by Crippen LogP contribution is 2.17. The summed E-state index contributed by atoms with van der Waals surface area (Å²) in [7, 11) is 0. The Morgan fingerprint density at radius 1 is 1.00 bits per heavy atom. The van der Waals surface area contributed by atoms with Gasteiger partial charge in [0.25, 0.3) is 5.78 Å². The van der Waals surface area contributed by atoms with Crippen LogP contribution in [0.4, 0.5) is 4.39 Å². The number of carboxylic acids is 1. The number of hydrogen-bond donors (Lipinski definition) is 2. The summed E-state index contributed by atoms with van der Waals surface area (Å²) in [5.74, 6) is -3.59. The van der Waals surface area contributed by atoms with Gasteiger partial charge in [0.1, 0.15) is 11.6 Å². The van der Waals surface area contributed by atoms with Crippen molar-refractivity contribution in [2.24, 2.45) is 0 Å². The van der Waals surface area contributed by atoms with Gasteiger partial charge in [0.05, 0.1) is 0 Å². The number of carbonyl (C=O) groups is 2. The Labute approximate surface area is 126 Å². The maximum Gasteiger partial charge on any atom is 0.376 e. The number of halogens is 1. The highest BCUT2D eigenvalue weighted by atomic mass is 19.1. The number of benzene rings is 2. The van der Waals surface area contributed by atoms with E-state index in [1.54, 1.807) is 36.4 Å². The van der Waals surface area contributed by atoms with Gasteiger partial charge in [-0.2, -0.15) is 0 Å². The summed E-state index contributed by atoms with van der Waals surface area (Å²) in [5, 5.41) is 18.3. The van der Waals surface area contributed by atoms with E-state index < -0.39 is 17.5 Å². The molecule has 0 aliphatic rings. The van der Waals surface area contributed by atoms with Gasteiger partial charge in [-0.1, -0.05) is 30.3 Å². The minimum absolute atomic E-state index is 0.323. The molecule has 2 rings (SSSR count). The van der Waals surface area contributed by atoms with Gasteiger partial charge in [-0.25, -0.2) is 9.18 Å². The van der Waals surface area contributed by atoms with Crippen LogP contribution in [0.3, 0.4) is 0 Å². The average molecular weight is 300 g/mol. The van der Waals surface area contributed by atoms with E-state index in [0.717, 1.165) is 11.1 Å². The molecule has 0 radical (unpaired) electrons. The monoisotopic (exact) mass is 300 g/mol. The van der Waals surface area contributed by atoms with Gasteiger partial charge in [-0.3, -0.25) is 4.79 Å². The highest BCUT2D eigenvalue weighted by molar-refractivity contribution is 6.38. The van der Waals surface area contributed by atoms with E-state index in [1.165, 1.54) is 12.1 Å². The first kappa shape index (κ1) is 15.4. The van der Waals surface area contributed by atoms with Crippen LogP contribution in [0.25, 0.3) is 5.76 Å². The Bertz CT molecular complexity index is 750. The van der Waals surface area contributed by atoms with Gasteiger partial charge in [0.15, 0.2) is 0 Å². The predicted molar refractivity (Wildman–Crippen MR) is 78.9 cm³/mol. The molecule has 0 amide bonds. The zero-order chi connectivity index (χ0) is 16.1. The van der Waals surface area contributed by atoms with Crippen LogP contribution in [-0.2, 0) is 16.0 Å². The molecule has 4 nitrogen and oxygen atoms in total. The molecule has 2 N–H and O–H groups in total. The smallest absolute Gasteiger partial charge is 0.376 e. The second-order valence-electron chi connectivity index (χ2n) is 4.71. The summed E-state index contributed by atoms with van der Waals surface area (Å²) >= 11 is 0. The van der Waals surface area contributed by atoms with E-state index in [-0.39, 0.29) is 5.82 Å². The normalized spacial score (nSPS) is 11.2. The van der Waals surface area contributed by atoms with Gasteiger partial charge >= 0.3 is 5.97 Å². The number of aliphatic hydroxyl groups excluding tert-OH is 1. The summed E-state index contributed by atoms with van der Waals surface area (Å²) in [6.45, 7) is 0. The molecule has 2 aromatic rings. The SMILES string of the molecule is O=C(O)C(=O)C=C(O)c1cccc(Cc2cccc(F)c2)c1. The van der Waals surface area contributed by atoms with Crippen molar-refractivity contribution in [2.45, 2.75) is 6.42 Å². The van der Waals surface area contributed by atoms with Crippen LogP contribution >= 0.6 is 0 Å². The molecular formula is C17H13FO4. The van der Waals surface area contributed by atoms with Crippen LogP contribution in [0, 0.1) is 5.82 Å². The molecule has 22 heavy (non-hydrogen) atoms. The highest BCUT2D eigenvalue weighted by Gasteiger charge is 2.10. The fourth-order valence-electron chi connectivity index (χ4n) is 1.99. The average Bonchev–Trinajstić information content (AvgIpc) is 2.47. The van der Waals surface area contributed by atoms with Crippen LogP contribution in [0.15, 0.2) is 54.6 Å². The Morgan fingerprint density at radius 3 is 2.27 bits per heavy atom. The Kier molecular flexibility index (Phi) is 4.68. The standard InChI is InChI=1S/C17H13FO4/c18-14-6-2-4-12(9-14)7-11-3-1-5-13(8-11)15(19)10-16(20)17(21)22/h1-6,8-10,19H,7H2,(H,21,22). The lowest BCUT2D eigenvalue weighted by atomic mass is 10.0. The van der Waals surface area contributed by atoms with Crippen LogP contribution < -0.4 is 0 Å². The summed E-state index contributed by atoms with van der Waals surface area (Å²) in [4.78, 5) is 21.5. The third kappa shape index (κ3) is 4.02. The first-order valence-corrected chi connectivity index (χ1v) is 6.47. The molecule has 0 aliphatic carbocycles. The maximum absolute atomic E-state index is 13.2. The summed E-state index contributed by atoms with van der Waals surface area (Å²) < 4.78 is 13.2. The quantitative estimate of drug-likeness (QED) is 0.506. The minimum atomic E-state index is -1.64. The van der Waals surface area contributed by atoms with Crippen molar-refractivity contribution in [3.63, 3.8) is 0 Å². The van der Waals surface area contributed by atoms with E-state index >= 15 is 0 Å². The number of aliphatic carboxylic acids is 1. The number of carboxylic acid groups (broad SMARTS) is 1. The maximum atomic E-state index is 13.2. The molecule has 0 fully saturated rings. The van der Waals surface area contributed by atoms with Crippen molar-refractivity contribution in [1.82, 2.24) is 0 Å². The van der Waals surface area contributed by atoms with Gasteiger partial charge in [0, 0.05) is 11.6 Å². The zero-order valence-corrected chi connectivity index (χ0v) is 11.5. The summed E-state index contributed by atoms with van der Waals surface area (Å²) in [5.41, 5.74) is 1.89. The molecule has 0 saturated carbocycles. The fraction of sp³-hybridized carbons (Fsp3) is 0.0588. The molecule has 112 valence electrons. The summed E-state index contributed by atoms with van der Waals surface area (Å²) in [6, 6.07) is 12.8. The van der Waals surface area contributed by atoms with E-state index in [4.69, 9.17) is 5.11 Å². The summed E-state index contributed by atoms with van der Waals surface area (Å²) in [6.07, 6.45) is 1.11. The molecule has 0 heterocycles. The fourth-order valence-corrected chi connectivity index (χ4v) is 1.99. The molecule has 5 heteroatoms. The first-order chi connectivity index (χ1) is 10.5. The van der Waals surface area contributed by atoms with Gasteiger partial charge < -0.3 is 10.2 Å². The van der Waals surface area contributed by atoms with E-state index in [1.807, 2.05) is 0 Å². The number of aliphatic hydroxyl groups is 1. The largest absolute Gasteiger partial charge is 0.507 e. The molecule has 0 spiro atoms.